The van der Waals surface area contributed by atoms with Gasteiger partial charge < -0.3 is 15.4 Å². The van der Waals surface area contributed by atoms with Crippen molar-refractivity contribution in [3.05, 3.63) is 30.0 Å². The number of nitrogens with zero attached hydrogens (tertiary/aromatic N) is 7. The van der Waals surface area contributed by atoms with Crippen molar-refractivity contribution in [1.29, 1.82) is 0 Å². The maximum atomic E-state index is 5.68. The van der Waals surface area contributed by atoms with E-state index in [9.17, 15) is 0 Å². The summed E-state index contributed by atoms with van der Waals surface area (Å²) < 4.78 is 7.81. The van der Waals surface area contributed by atoms with Gasteiger partial charge in [-0.3, -0.25) is 9.30 Å². The second-order valence-corrected chi connectivity index (χ2v) is 8.51. The van der Waals surface area contributed by atoms with Crippen LogP contribution in [0.5, 0.6) is 0 Å². The lowest BCUT2D eigenvalue weighted by molar-refractivity contribution is 0.122. The number of hydrogen-bond acceptors (Lipinski definition) is 8. The van der Waals surface area contributed by atoms with Crippen LogP contribution in [0.1, 0.15) is 24.2 Å². The van der Waals surface area contributed by atoms with E-state index in [2.05, 4.69) is 30.4 Å². The number of nitrogen functional groups attached to an aromatic ring is 1. The highest BCUT2D eigenvalue weighted by Crippen LogP contribution is 2.33. The minimum absolute atomic E-state index is 0.268. The Morgan fingerprint density at radius 3 is 2.63 bits per heavy atom. The summed E-state index contributed by atoms with van der Waals surface area (Å²) in [5, 5.41) is 0. The summed E-state index contributed by atoms with van der Waals surface area (Å²) in [5.74, 6) is 2.08. The zero-order valence-corrected chi connectivity index (χ0v) is 17.0. The van der Waals surface area contributed by atoms with Gasteiger partial charge in [0.2, 0.25) is 5.95 Å². The maximum Gasteiger partial charge on any atom is 0.219 e. The van der Waals surface area contributed by atoms with E-state index < -0.39 is 0 Å². The number of aromatic nitrogens is 5. The highest BCUT2D eigenvalue weighted by Gasteiger charge is 2.29. The number of hydrogen-bond donors (Lipinski definition) is 1. The average Bonchev–Trinajstić information content (AvgIpc) is 3.52. The topological polar surface area (TPSA) is 97.7 Å². The number of nitrogens with two attached hydrogens (primary N) is 1. The van der Waals surface area contributed by atoms with E-state index in [0.717, 1.165) is 61.2 Å². The number of rotatable bonds is 4. The van der Waals surface area contributed by atoms with Crippen LogP contribution in [0.2, 0.25) is 0 Å². The highest BCUT2D eigenvalue weighted by molar-refractivity contribution is 5.71. The molecule has 1 saturated carbocycles. The van der Waals surface area contributed by atoms with Crippen molar-refractivity contribution in [3.8, 4) is 11.3 Å². The zero-order chi connectivity index (χ0) is 20.1. The molecule has 9 heteroatoms. The van der Waals surface area contributed by atoms with E-state index in [-0.39, 0.29) is 5.95 Å². The number of imidazole rings is 1. The minimum atomic E-state index is 0.268. The smallest absolute Gasteiger partial charge is 0.219 e. The third-order valence-electron chi connectivity index (χ3n) is 6.30. The van der Waals surface area contributed by atoms with E-state index in [1.54, 1.807) is 12.4 Å². The molecule has 30 heavy (non-hydrogen) atoms. The molecule has 0 atom stereocenters. The number of morpholine rings is 1. The van der Waals surface area contributed by atoms with Crippen LogP contribution in [-0.4, -0.2) is 68.6 Å². The van der Waals surface area contributed by atoms with Gasteiger partial charge in [0.1, 0.15) is 0 Å². The Morgan fingerprint density at radius 2 is 1.87 bits per heavy atom. The van der Waals surface area contributed by atoms with Gasteiger partial charge in [0.15, 0.2) is 11.5 Å². The molecule has 9 nitrogen and oxygen atoms in total. The molecular formula is C21H26N8O. The van der Waals surface area contributed by atoms with Crippen molar-refractivity contribution in [2.75, 3.05) is 50.0 Å². The molecule has 3 aliphatic rings. The predicted octanol–water partition coefficient (Wildman–Crippen LogP) is 1.37. The lowest BCUT2D eigenvalue weighted by Gasteiger charge is -2.28. The molecular weight excluding hydrogens is 380 g/mol. The van der Waals surface area contributed by atoms with E-state index in [4.69, 9.17) is 20.4 Å². The van der Waals surface area contributed by atoms with Gasteiger partial charge in [-0.25, -0.2) is 19.9 Å². The van der Waals surface area contributed by atoms with Gasteiger partial charge >= 0.3 is 0 Å². The number of ether oxygens (including phenoxy) is 1. The maximum absolute atomic E-state index is 5.68. The van der Waals surface area contributed by atoms with Crippen molar-refractivity contribution < 1.29 is 4.74 Å². The second-order valence-electron chi connectivity index (χ2n) is 8.51. The van der Waals surface area contributed by atoms with Crippen LogP contribution < -0.4 is 10.6 Å². The highest BCUT2D eigenvalue weighted by atomic mass is 16.5. The molecule has 5 heterocycles. The third kappa shape index (κ3) is 3.27. The van der Waals surface area contributed by atoms with Gasteiger partial charge in [-0.15, -0.1) is 0 Å². The van der Waals surface area contributed by atoms with Crippen molar-refractivity contribution in [2.45, 2.75) is 25.8 Å². The molecule has 3 aromatic heterocycles. The van der Waals surface area contributed by atoms with E-state index in [1.165, 1.54) is 30.8 Å². The quantitative estimate of drug-likeness (QED) is 0.694. The Hall–Kier alpha value is -2.78. The van der Waals surface area contributed by atoms with Crippen molar-refractivity contribution >= 4 is 17.4 Å². The molecule has 0 spiro atoms. The van der Waals surface area contributed by atoms with Crippen molar-refractivity contribution in [3.63, 3.8) is 0 Å². The largest absolute Gasteiger partial charge is 0.378 e. The molecule has 2 fully saturated rings. The molecule has 0 unspecified atom stereocenters. The first-order chi connectivity index (χ1) is 14.7. The summed E-state index contributed by atoms with van der Waals surface area (Å²) in [4.78, 5) is 23.2. The van der Waals surface area contributed by atoms with E-state index in [0.29, 0.717) is 13.2 Å². The number of fused-ring (bicyclic) bond motifs is 3. The Bertz CT molecular complexity index is 1070. The monoisotopic (exact) mass is 406 g/mol. The molecule has 1 saturated heterocycles. The molecule has 3 aromatic rings. The van der Waals surface area contributed by atoms with Crippen LogP contribution in [0, 0.1) is 5.92 Å². The molecule has 1 aliphatic carbocycles. The first kappa shape index (κ1) is 18.0. The standard InChI is InChI=1S/C21H26N8O/c22-21-23-9-15(10-24-21)16-13-29-18-3-4-27(11-14-1-2-14)12-17(18)26-20(29)19(25-16)28-5-7-30-8-6-28/h9-10,13-14H,1-8,11-12H2,(H2,22,23,24). The Morgan fingerprint density at radius 1 is 1.07 bits per heavy atom. The van der Waals surface area contributed by atoms with Gasteiger partial charge in [-0.2, -0.15) is 0 Å². The van der Waals surface area contributed by atoms with Gasteiger partial charge in [0.25, 0.3) is 0 Å². The van der Waals surface area contributed by atoms with Gasteiger partial charge in [-0.05, 0) is 18.8 Å². The van der Waals surface area contributed by atoms with Crippen LogP contribution in [0.15, 0.2) is 18.6 Å². The molecule has 0 radical (unpaired) electrons. The lowest BCUT2D eigenvalue weighted by Crippen LogP contribution is -2.37. The SMILES string of the molecule is Nc1ncc(-c2cn3c4c(nc3c(N3CCOCC3)n2)CN(CC2CC2)CC4)cn1. The first-order valence-corrected chi connectivity index (χ1v) is 10.8. The number of anilines is 2. The van der Waals surface area contributed by atoms with Gasteiger partial charge in [0, 0.05) is 69.0 Å². The summed E-state index contributed by atoms with van der Waals surface area (Å²) in [6.07, 6.45) is 9.32. The fourth-order valence-corrected chi connectivity index (χ4v) is 4.49. The molecule has 0 bridgehead atoms. The molecule has 6 rings (SSSR count). The van der Waals surface area contributed by atoms with E-state index >= 15 is 0 Å². The summed E-state index contributed by atoms with van der Waals surface area (Å²) in [6.45, 7) is 6.27. The summed E-state index contributed by atoms with van der Waals surface area (Å²) in [7, 11) is 0. The van der Waals surface area contributed by atoms with Crippen LogP contribution >= 0.6 is 0 Å². The van der Waals surface area contributed by atoms with Gasteiger partial charge in [-0.1, -0.05) is 0 Å². The van der Waals surface area contributed by atoms with Crippen LogP contribution in [0.3, 0.4) is 0 Å². The predicted molar refractivity (Wildman–Crippen MR) is 113 cm³/mol. The minimum Gasteiger partial charge on any atom is -0.378 e. The normalized spacial score (nSPS) is 19.9. The van der Waals surface area contributed by atoms with E-state index in [1.807, 2.05) is 0 Å². The van der Waals surface area contributed by atoms with Crippen molar-refractivity contribution in [1.82, 2.24) is 29.2 Å². The first-order valence-electron chi connectivity index (χ1n) is 10.8. The molecule has 0 aromatic carbocycles. The lowest BCUT2D eigenvalue weighted by atomic mass is 10.1. The molecule has 2 aliphatic heterocycles. The van der Waals surface area contributed by atoms with Crippen LogP contribution in [0.4, 0.5) is 11.8 Å². The Balaban J connectivity index is 1.45. The summed E-state index contributed by atoms with van der Waals surface area (Å²) in [5.41, 5.74) is 10.8. The Kier molecular flexibility index (Phi) is 4.31. The zero-order valence-electron chi connectivity index (χ0n) is 17.0. The molecule has 2 N–H and O–H groups in total. The van der Waals surface area contributed by atoms with Crippen LogP contribution in [0.25, 0.3) is 16.9 Å². The summed E-state index contributed by atoms with van der Waals surface area (Å²) in [6, 6.07) is 0. The molecule has 0 amide bonds. The second kappa shape index (κ2) is 7.17. The Labute approximate surface area is 174 Å². The van der Waals surface area contributed by atoms with Gasteiger partial charge in [0.05, 0.1) is 24.6 Å². The van der Waals surface area contributed by atoms with Crippen LogP contribution in [-0.2, 0) is 17.7 Å². The molecule has 156 valence electrons. The summed E-state index contributed by atoms with van der Waals surface area (Å²) >= 11 is 0. The van der Waals surface area contributed by atoms with Crippen molar-refractivity contribution in [2.24, 2.45) is 5.92 Å². The fourth-order valence-electron chi connectivity index (χ4n) is 4.49. The average molecular weight is 406 g/mol. The fraction of sp³-hybridized carbons (Fsp3) is 0.524. The third-order valence-corrected chi connectivity index (χ3v) is 6.30.